The van der Waals surface area contributed by atoms with E-state index in [1.165, 1.54) is 27.4 Å². The van der Waals surface area contributed by atoms with Crippen LogP contribution in [0.1, 0.15) is 5.69 Å². The van der Waals surface area contributed by atoms with Gasteiger partial charge in [0.1, 0.15) is 0 Å². The molecule has 26 heavy (non-hydrogen) atoms. The number of aromatic nitrogens is 2. The summed E-state index contributed by atoms with van der Waals surface area (Å²) in [5, 5.41) is 7.41. The predicted octanol–water partition coefficient (Wildman–Crippen LogP) is 4.88. The van der Waals surface area contributed by atoms with E-state index in [1.807, 2.05) is 0 Å². The normalized spacial score (nSPS) is 13.0. The molecular weight excluding hydrogens is 423 g/mol. The van der Waals surface area contributed by atoms with Crippen molar-refractivity contribution in [1.29, 1.82) is 0 Å². The number of nitrogens with zero attached hydrogens (tertiary/aromatic N) is 2. The monoisotopic (exact) mass is 440 g/mol. The Kier molecular flexibility index (Phi) is 4.74. The van der Waals surface area contributed by atoms with Crippen molar-refractivity contribution in [1.82, 2.24) is 9.59 Å². The Labute approximate surface area is 165 Å². The third-order valence-corrected chi connectivity index (χ3v) is 14.8. The second-order valence-corrected chi connectivity index (χ2v) is 15.8. The zero-order chi connectivity index (χ0) is 17.9. The van der Waals surface area contributed by atoms with Crippen LogP contribution in [0.5, 0.6) is 0 Å². The Morgan fingerprint density at radius 2 is 1.12 bits per heavy atom. The van der Waals surface area contributed by atoms with E-state index in [0.29, 0.717) is 0 Å². The first-order chi connectivity index (χ1) is 12.7. The molecule has 0 saturated carbocycles. The van der Waals surface area contributed by atoms with Gasteiger partial charge in [0, 0.05) is 0 Å². The van der Waals surface area contributed by atoms with Crippen LogP contribution in [-0.4, -0.2) is 9.59 Å². The number of hydrogen-bond donors (Lipinski definition) is 0. The Morgan fingerprint density at radius 1 is 0.692 bits per heavy atom. The minimum absolute atomic E-state index is 0.792. The molecule has 0 atom stereocenters. The molecule has 3 aromatic carbocycles. The van der Waals surface area contributed by atoms with E-state index in [1.54, 1.807) is 0 Å². The molecule has 0 radical (unpaired) electrons. The molecule has 1 aromatic heterocycles. The molecule has 0 fully saturated rings. The summed E-state index contributed by atoms with van der Waals surface area (Å²) < 4.78 is 4.11. The van der Waals surface area contributed by atoms with Crippen LogP contribution in [0.25, 0.3) is 0 Å². The van der Waals surface area contributed by atoms with E-state index in [-0.39, 0.29) is 0 Å². The molecule has 0 aliphatic heterocycles. The quantitative estimate of drug-likeness (QED) is 0.413. The molecule has 0 saturated heterocycles. The molecule has 1 heterocycles. The van der Waals surface area contributed by atoms with Crippen molar-refractivity contribution in [2.45, 2.75) is 6.16 Å². The van der Waals surface area contributed by atoms with Gasteiger partial charge < -0.3 is 0 Å². The van der Waals surface area contributed by atoms with Crippen LogP contribution in [0.3, 0.4) is 0 Å². The van der Waals surface area contributed by atoms with Gasteiger partial charge in [-0.1, -0.05) is 0 Å². The summed E-state index contributed by atoms with van der Waals surface area (Å²) in [6.07, 6.45) is 0.792. The summed E-state index contributed by atoms with van der Waals surface area (Å²) in [6.45, 7) is 0. The Hall–Kier alpha value is -1.87. The van der Waals surface area contributed by atoms with Crippen LogP contribution in [-0.2, 0) is 6.16 Å². The number of benzene rings is 3. The fraction of sp³-hybridized carbons (Fsp3) is 0.0476. The molecule has 0 aliphatic carbocycles. The Morgan fingerprint density at radius 3 is 1.46 bits per heavy atom. The van der Waals surface area contributed by atoms with E-state index in [2.05, 4.69) is 121 Å². The van der Waals surface area contributed by atoms with Crippen molar-refractivity contribution in [2.75, 3.05) is 0 Å². The molecule has 0 bridgehead atoms. The van der Waals surface area contributed by atoms with Crippen LogP contribution < -0.4 is 15.9 Å². The van der Waals surface area contributed by atoms with E-state index >= 15 is 0 Å². The van der Waals surface area contributed by atoms with Gasteiger partial charge in [-0.15, -0.1) is 0 Å². The van der Waals surface area contributed by atoms with Gasteiger partial charge in [-0.25, -0.2) is 0 Å². The topological polar surface area (TPSA) is 25.8 Å². The summed E-state index contributed by atoms with van der Waals surface area (Å²) >= 11 is 5.81. The fourth-order valence-corrected chi connectivity index (χ4v) is 11.6. The van der Waals surface area contributed by atoms with Crippen molar-refractivity contribution < 1.29 is 0 Å². The molecule has 4 rings (SSSR count). The van der Waals surface area contributed by atoms with Gasteiger partial charge in [0.2, 0.25) is 0 Å². The zero-order valence-electron chi connectivity index (χ0n) is 14.1. The van der Waals surface area contributed by atoms with Crippen LogP contribution in [0.2, 0.25) is 0 Å². The van der Waals surface area contributed by atoms with Crippen molar-refractivity contribution in [2.24, 2.45) is 0 Å². The van der Waals surface area contributed by atoms with Crippen molar-refractivity contribution in [3.8, 4) is 0 Å². The molecule has 5 heteroatoms. The molecule has 0 amide bonds. The van der Waals surface area contributed by atoms with Crippen molar-refractivity contribution in [3.63, 3.8) is 0 Å². The van der Waals surface area contributed by atoms with Crippen LogP contribution in [0.15, 0.2) is 96.4 Å². The summed E-state index contributed by atoms with van der Waals surface area (Å²) in [5.74, 6) is 0. The van der Waals surface area contributed by atoms with Gasteiger partial charge in [0.15, 0.2) is 0 Å². The Balaban J connectivity index is 2.10. The number of hydrogen-bond acceptors (Lipinski definition) is 3. The molecule has 0 spiro atoms. The predicted molar refractivity (Wildman–Crippen MR) is 118 cm³/mol. The molecule has 0 N–H and O–H groups in total. The third kappa shape index (κ3) is 2.83. The molecule has 2 nitrogen and oxygen atoms in total. The summed E-state index contributed by atoms with van der Waals surface area (Å²) in [4.78, 5) is 0. The molecule has 4 aromatic rings. The SMILES string of the molecule is BrP(Cc1csnn1)(c1ccccc1)(c1ccccc1)c1ccccc1. The number of halogens is 1. The number of rotatable bonds is 5. The van der Waals surface area contributed by atoms with Crippen LogP contribution >= 0.6 is 32.3 Å². The van der Waals surface area contributed by atoms with Crippen LogP contribution in [0, 0.1) is 0 Å². The standard InChI is InChI=1S/C21H18BrN2PS/c22-25(16-18-17-26-24-23-18,19-10-4-1-5-11-19,20-12-6-2-7-13-20)21-14-8-3-9-15-21/h1-15,17H,16H2. The first kappa shape index (κ1) is 17.5. The van der Waals surface area contributed by atoms with E-state index in [0.717, 1.165) is 11.9 Å². The van der Waals surface area contributed by atoms with E-state index in [4.69, 9.17) is 0 Å². The maximum absolute atomic E-state index is 4.41. The van der Waals surface area contributed by atoms with Crippen molar-refractivity contribution in [3.05, 3.63) is 102 Å². The van der Waals surface area contributed by atoms with Crippen LogP contribution in [0.4, 0.5) is 0 Å². The summed E-state index contributed by atoms with van der Waals surface area (Å²) in [5.41, 5.74) is 1.01. The maximum atomic E-state index is 4.41. The molecule has 0 unspecified atom stereocenters. The fourth-order valence-electron chi connectivity index (χ4n) is 3.49. The average Bonchev–Trinajstić information content (AvgIpc) is 3.23. The summed E-state index contributed by atoms with van der Waals surface area (Å²) in [7, 11) is 0. The first-order valence-electron chi connectivity index (χ1n) is 8.37. The second-order valence-electron chi connectivity index (χ2n) is 6.24. The van der Waals surface area contributed by atoms with Gasteiger partial charge in [-0.2, -0.15) is 0 Å². The Bertz CT molecular complexity index is 877. The molecular formula is C21H18BrN2PS. The van der Waals surface area contributed by atoms with E-state index in [9.17, 15) is 0 Å². The van der Waals surface area contributed by atoms with Gasteiger partial charge >= 0.3 is 166 Å². The summed E-state index contributed by atoms with van der Waals surface area (Å²) in [6, 6.07) is 32.3. The molecule has 0 aliphatic rings. The minimum atomic E-state index is -2.92. The third-order valence-electron chi connectivity index (χ3n) is 4.75. The van der Waals surface area contributed by atoms with Gasteiger partial charge in [-0.3, -0.25) is 0 Å². The molecule has 130 valence electrons. The van der Waals surface area contributed by atoms with E-state index < -0.39 is 5.31 Å². The van der Waals surface area contributed by atoms with Gasteiger partial charge in [-0.05, 0) is 0 Å². The first-order valence-corrected chi connectivity index (χ1v) is 13.6. The zero-order valence-corrected chi connectivity index (χ0v) is 17.4. The van der Waals surface area contributed by atoms with Gasteiger partial charge in [0.25, 0.3) is 0 Å². The second kappa shape index (κ2) is 7.03. The van der Waals surface area contributed by atoms with Gasteiger partial charge in [0.05, 0.1) is 0 Å². The average molecular weight is 441 g/mol. The van der Waals surface area contributed by atoms with Crippen molar-refractivity contribution >= 4 is 48.2 Å².